The standard InChI is InChI=1S/C19H18F2N4O/c20-14-6-13(8-23-9-14)11-4-5-17(16(21)7-11)25-10-12-2-1-3-15(19(22)26)18(12)24-25/h1-5,7,10,13-14,23H,6,8-9H2,(H2,22,26)/t13-,14-/m0/s1/i13D. The van der Waals surface area contributed by atoms with Gasteiger partial charge in [0.2, 0.25) is 0 Å². The first-order chi connectivity index (χ1) is 12.9. The van der Waals surface area contributed by atoms with Gasteiger partial charge in [-0.1, -0.05) is 18.2 Å². The minimum Gasteiger partial charge on any atom is -0.366 e. The van der Waals surface area contributed by atoms with Crippen molar-refractivity contribution >= 4 is 16.8 Å². The summed E-state index contributed by atoms with van der Waals surface area (Å²) in [5.41, 5.74) is 6.60. The molecule has 0 aliphatic carbocycles. The van der Waals surface area contributed by atoms with Crippen molar-refractivity contribution in [1.29, 1.82) is 0 Å². The fourth-order valence-corrected chi connectivity index (χ4v) is 3.29. The van der Waals surface area contributed by atoms with E-state index in [1.165, 1.54) is 16.8 Å². The molecule has 0 saturated carbocycles. The van der Waals surface area contributed by atoms with E-state index in [4.69, 9.17) is 7.10 Å². The molecule has 0 unspecified atom stereocenters. The Kier molecular flexibility index (Phi) is 3.86. The molecule has 0 bridgehead atoms. The zero-order valence-electron chi connectivity index (χ0n) is 14.9. The van der Waals surface area contributed by atoms with Crippen molar-refractivity contribution in [3.05, 3.63) is 59.5 Å². The second-order valence-electron chi connectivity index (χ2n) is 6.38. The molecule has 2 aromatic carbocycles. The van der Waals surface area contributed by atoms with Crippen LogP contribution in [-0.4, -0.2) is 34.9 Å². The number of aromatic nitrogens is 2. The Morgan fingerprint density at radius 1 is 1.35 bits per heavy atom. The summed E-state index contributed by atoms with van der Waals surface area (Å²) in [6, 6.07) is 9.38. The second-order valence-corrected chi connectivity index (χ2v) is 6.38. The number of carbonyl (C=O) groups is 1. The molecule has 5 nitrogen and oxygen atoms in total. The number of nitrogens with zero attached hydrogens (tertiary/aromatic N) is 2. The monoisotopic (exact) mass is 357 g/mol. The minimum absolute atomic E-state index is 0.0203. The topological polar surface area (TPSA) is 72.9 Å². The highest BCUT2D eigenvalue weighted by Crippen LogP contribution is 2.28. The Balaban J connectivity index is 1.74. The highest BCUT2D eigenvalue weighted by atomic mass is 19.1. The predicted octanol–water partition coefficient (Wildman–Crippen LogP) is 2.68. The minimum atomic E-state index is -1.22. The maximum atomic E-state index is 14.8. The molecule has 2 atom stereocenters. The van der Waals surface area contributed by atoms with Gasteiger partial charge in [-0.2, -0.15) is 5.10 Å². The molecular formula is C19H18F2N4O. The van der Waals surface area contributed by atoms with Crippen LogP contribution >= 0.6 is 0 Å². The number of alkyl halides is 1. The van der Waals surface area contributed by atoms with Crippen molar-refractivity contribution in [3.63, 3.8) is 0 Å². The van der Waals surface area contributed by atoms with Crippen LogP contribution in [0.3, 0.4) is 0 Å². The summed E-state index contributed by atoms with van der Waals surface area (Å²) < 4.78 is 38.3. The van der Waals surface area contributed by atoms with Crippen LogP contribution in [0.15, 0.2) is 42.6 Å². The average molecular weight is 357 g/mol. The van der Waals surface area contributed by atoms with Crippen molar-refractivity contribution in [3.8, 4) is 5.69 Å². The molecule has 1 amide bonds. The van der Waals surface area contributed by atoms with E-state index < -0.39 is 23.8 Å². The fourth-order valence-electron chi connectivity index (χ4n) is 3.29. The summed E-state index contributed by atoms with van der Waals surface area (Å²) in [5, 5.41) is 7.83. The Hall–Kier alpha value is -2.80. The van der Waals surface area contributed by atoms with Crippen molar-refractivity contribution < 1.29 is 14.9 Å². The summed E-state index contributed by atoms with van der Waals surface area (Å²) in [4.78, 5) is 11.6. The van der Waals surface area contributed by atoms with Crippen LogP contribution in [-0.2, 0) is 0 Å². The zero-order chi connectivity index (χ0) is 19.2. The smallest absolute Gasteiger partial charge is 0.250 e. The van der Waals surface area contributed by atoms with Crippen LogP contribution in [0.25, 0.3) is 16.6 Å². The van der Waals surface area contributed by atoms with Gasteiger partial charge in [-0.3, -0.25) is 4.79 Å². The van der Waals surface area contributed by atoms with Crippen molar-refractivity contribution in [2.45, 2.75) is 18.5 Å². The number of piperidine rings is 1. The molecule has 3 N–H and O–H groups in total. The van der Waals surface area contributed by atoms with Gasteiger partial charge in [-0.25, -0.2) is 13.5 Å². The molecule has 0 spiro atoms. The fraction of sp³-hybridized carbons (Fsp3) is 0.263. The highest BCUT2D eigenvalue weighted by Gasteiger charge is 2.23. The maximum Gasteiger partial charge on any atom is 0.250 e. The van der Waals surface area contributed by atoms with Gasteiger partial charge < -0.3 is 11.1 Å². The first-order valence-electron chi connectivity index (χ1n) is 8.81. The van der Waals surface area contributed by atoms with Crippen LogP contribution in [0.2, 0.25) is 0 Å². The summed E-state index contributed by atoms with van der Waals surface area (Å²) in [6.45, 7) is 0.475. The van der Waals surface area contributed by atoms with Gasteiger partial charge in [0, 0.05) is 26.0 Å². The van der Waals surface area contributed by atoms with Gasteiger partial charge in [-0.15, -0.1) is 0 Å². The number of halogens is 2. The van der Waals surface area contributed by atoms with E-state index >= 15 is 0 Å². The summed E-state index contributed by atoms with van der Waals surface area (Å²) in [7, 11) is 0. The van der Waals surface area contributed by atoms with Crippen LogP contribution in [0, 0.1) is 5.82 Å². The van der Waals surface area contributed by atoms with Crippen molar-refractivity contribution in [1.82, 2.24) is 15.1 Å². The number of nitrogens with two attached hydrogens (primary N) is 1. The molecule has 2 heterocycles. The van der Waals surface area contributed by atoms with Gasteiger partial charge in [0.15, 0.2) is 0 Å². The van der Waals surface area contributed by atoms with Crippen LogP contribution in [0.4, 0.5) is 8.78 Å². The van der Waals surface area contributed by atoms with Crippen molar-refractivity contribution in [2.24, 2.45) is 5.73 Å². The Morgan fingerprint density at radius 3 is 2.92 bits per heavy atom. The molecule has 1 aromatic heterocycles. The second kappa shape index (κ2) is 6.49. The number of nitrogens with one attached hydrogen (secondary N) is 1. The summed E-state index contributed by atoms with van der Waals surface area (Å²) in [5.74, 6) is -2.40. The van der Waals surface area contributed by atoms with Crippen LogP contribution in [0.5, 0.6) is 0 Å². The molecular weight excluding hydrogens is 338 g/mol. The van der Waals surface area contributed by atoms with E-state index in [0.29, 0.717) is 16.5 Å². The summed E-state index contributed by atoms with van der Waals surface area (Å²) in [6.07, 6.45) is 0.491. The Labute approximate surface area is 150 Å². The van der Waals surface area contributed by atoms with Gasteiger partial charge in [0.25, 0.3) is 5.91 Å². The van der Waals surface area contributed by atoms with Crippen LogP contribution < -0.4 is 11.1 Å². The van der Waals surface area contributed by atoms with Gasteiger partial charge in [0.05, 0.1) is 5.56 Å². The average Bonchev–Trinajstić information content (AvgIpc) is 3.05. The molecule has 1 aliphatic rings. The van der Waals surface area contributed by atoms with Gasteiger partial charge in [0.1, 0.15) is 23.2 Å². The summed E-state index contributed by atoms with van der Waals surface area (Å²) >= 11 is 0. The van der Waals surface area contributed by atoms with E-state index in [-0.39, 0.29) is 30.8 Å². The Morgan fingerprint density at radius 2 is 2.19 bits per heavy atom. The first kappa shape index (κ1) is 15.5. The highest BCUT2D eigenvalue weighted by molar-refractivity contribution is 6.04. The number of carbonyl (C=O) groups excluding carboxylic acids is 1. The molecule has 1 fully saturated rings. The van der Waals surface area contributed by atoms with E-state index in [1.807, 2.05) is 0 Å². The zero-order valence-corrected chi connectivity index (χ0v) is 13.9. The lowest BCUT2D eigenvalue weighted by molar-refractivity contribution is 0.100. The van der Waals surface area contributed by atoms with E-state index in [1.54, 1.807) is 30.5 Å². The van der Waals surface area contributed by atoms with E-state index in [9.17, 15) is 13.6 Å². The van der Waals surface area contributed by atoms with Crippen molar-refractivity contribution in [2.75, 3.05) is 13.1 Å². The van der Waals surface area contributed by atoms with E-state index in [2.05, 4.69) is 10.4 Å². The van der Waals surface area contributed by atoms with Crippen LogP contribution in [0.1, 0.15) is 29.6 Å². The third kappa shape index (κ3) is 2.94. The maximum absolute atomic E-state index is 14.8. The molecule has 0 radical (unpaired) electrons. The predicted molar refractivity (Wildman–Crippen MR) is 94.7 cm³/mol. The quantitative estimate of drug-likeness (QED) is 0.757. The molecule has 1 aliphatic heterocycles. The largest absolute Gasteiger partial charge is 0.366 e. The lowest BCUT2D eigenvalue weighted by Gasteiger charge is -2.26. The third-order valence-corrected chi connectivity index (χ3v) is 4.58. The third-order valence-electron chi connectivity index (χ3n) is 4.58. The molecule has 1 saturated heterocycles. The Bertz CT molecular complexity index is 1040. The molecule has 3 aromatic rings. The number of fused-ring (bicyclic) bond motifs is 1. The number of rotatable bonds is 3. The number of hydrogen-bond donors (Lipinski definition) is 2. The van der Waals surface area contributed by atoms with Gasteiger partial charge in [-0.05, 0) is 36.1 Å². The normalized spacial score (nSPS) is 23.8. The first-order valence-corrected chi connectivity index (χ1v) is 8.31. The number of hydrogen-bond acceptors (Lipinski definition) is 3. The molecule has 26 heavy (non-hydrogen) atoms. The lowest BCUT2D eigenvalue weighted by atomic mass is 9.90. The number of amides is 1. The molecule has 4 rings (SSSR count). The number of primary amides is 1. The SMILES string of the molecule is [2H][C@@]1(c2ccc(-n3cc4cccc(C(N)=O)c4n3)c(F)c2)CNC[C@@H](F)C1. The van der Waals surface area contributed by atoms with E-state index in [0.717, 1.165) is 0 Å². The molecule has 134 valence electrons. The number of benzene rings is 2. The lowest BCUT2D eigenvalue weighted by Crippen LogP contribution is -2.36. The van der Waals surface area contributed by atoms with Gasteiger partial charge >= 0.3 is 0 Å². The molecule has 7 heteroatoms.